The number of hydrogen-bond donors (Lipinski definition) is 2. The summed E-state index contributed by atoms with van der Waals surface area (Å²) in [5.74, 6) is 0.533. The van der Waals surface area contributed by atoms with Crippen LogP contribution in [0.1, 0.15) is 49.6 Å². The summed E-state index contributed by atoms with van der Waals surface area (Å²) in [6.07, 6.45) is 4.30. The molecule has 5 heteroatoms. The second-order valence-corrected chi connectivity index (χ2v) is 6.64. The molecule has 21 heavy (non-hydrogen) atoms. The molecular formula is C16H27N3O2. The average Bonchev–Trinajstić information content (AvgIpc) is 2.65. The molecule has 1 aromatic heterocycles. The molecule has 1 aliphatic carbocycles. The molecule has 1 aliphatic rings. The van der Waals surface area contributed by atoms with E-state index in [4.69, 9.17) is 0 Å². The normalized spacial score (nSPS) is 25.9. The highest BCUT2D eigenvalue weighted by Crippen LogP contribution is 2.32. The van der Waals surface area contributed by atoms with E-state index in [2.05, 4.69) is 17.3 Å². The van der Waals surface area contributed by atoms with Crippen LogP contribution in [0.15, 0.2) is 0 Å². The first-order valence-electron chi connectivity index (χ1n) is 7.78. The predicted octanol–water partition coefficient (Wildman–Crippen LogP) is 1.64. The van der Waals surface area contributed by atoms with E-state index in [1.165, 1.54) is 6.42 Å². The van der Waals surface area contributed by atoms with Crippen molar-refractivity contribution in [2.24, 2.45) is 13.0 Å². The summed E-state index contributed by atoms with van der Waals surface area (Å²) >= 11 is 0. The average molecular weight is 293 g/mol. The van der Waals surface area contributed by atoms with Gasteiger partial charge in [0.15, 0.2) is 0 Å². The van der Waals surface area contributed by atoms with Crippen LogP contribution in [-0.2, 0) is 18.3 Å². The molecule has 118 valence electrons. The maximum atomic E-state index is 12.4. The van der Waals surface area contributed by atoms with Gasteiger partial charge in [0.05, 0.1) is 24.3 Å². The minimum absolute atomic E-state index is 0.0163. The summed E-state index contributed by atoms with van der Waals surface area (Å²) < 4.78 is 1.81. The highest BCUT2D eigenvalue weighted by molar-refractivity contribution is 5.80. The fourth-order valence-electron chi connectivity index (χ4n) is 3.53. The smallest absolute Gasteiger partial charge is 0.225 e. The first-order valence-corrected chi connectivity index (χ1v) is 7.78. The molecule has 0 bridgehead atoms. The largest absolute Gasteiger partial charge is 0.394 e. The zero-order valence-corrected chi connectivity index (χ0v) is 13.6. The maximum Gasteiger partial charge on any atom is 0.225 e. The van der Waals surface area contributed by atoms with Crippen LogP contribution < -0.4 is 5.32 Å². The summed E-state index contributed by atoms with van der Waals surface area (Å²) in [5.41, 5.74) is 2.49. The van der Waals surface area contributed by atoms with Crippen LogP contribution in [-0.4, -0.2) is 32.9 Å². The number of rotatable bonds is 4. The van der Waals surface area contributed by atoms with Crippen molar-refractivity contribution in [3.63, 3.8) is 0 Å². The van der Waals surface area contributed by atoms with Gasteiger partial charge < -0.3 is 10.4 Å². The summed E-state index contributed by atoms with van der Waals surface area (Å²) in [4.78, 5) is 12.4. The molecule has 1 heterocycles. The number of aryl methyl sites for hydroxylation is 2. The molecule has 5 nitrogen and oxygen atoms in total. The quantitative estimate of drug-likeness (QED) is 0.887. The van der Waals surface area contributed by atoms with Crippen LogP contribution in [0.3, 0.4) is 0 Å². The van der Waals surface area contributed by atoms with Gasteiger partial charge in [0.1, 0.15) is 0 Å². The first kappa shape index (κ1) is 16.0. The highest BCUT2D eigenvalue weighted by Gasteiger charge is 2.35. The zero-order chi connectivity index (χ0) is 15.6. The molecule has 0 radical (unpaired) electrons. The molecule has 2 rings (SSSR count). The fourth-order valence-corrected chi connectivity index (χ4v) is 3.53. The summed E-state index contributed by atoms with van der Waals surface area (Å²) in [6.45, 7) is 6.12. The third-order valence-corrected chi connectivity index (χ3v) is 4.79. The second kappa shape index (κ2) is 6.18. The third kappa shape index (κ3) is 3.46. The Hall–Kier alpha value is -1.36. The van der Waals surface area contributed by atoms with Crippen molar-refractivity contribution in [1.82, 2.24) is 15.1 Å². The van der Waals surface area contributed by atoms with E-state index in [-0.39, 0.29) is 12.5 Å². The van der Waals surface area contributed by atoms with Crippen LogP contribution in [0.25, 0.3) is 0 Å². The van der Waals surface area contributed by atoms with Gasteiger partial charge in [0, 0.05) is 18.3 Å². The van der Waals surface area contributed by atoms with E-state index in [0.717, 1.165) is 36.2 Å². The lowest BCUT2D eigenvalue weighted by molar-refractivity contribution is -0.123. The minimum atomic E-state index is -0.432. The number of nitrogens with zero attached hydrogens (tertiary/aromatic N) is 2. The summed E-state index contributed by atoms with van der Waals surface area (Å²) in [5, 5.41) is 17.2. The van der Waals surface area contributed by atoms with E-state index >= 15 is 0 Å². The molecule has 0 aromatic carbocycles. The van der Waals surface area contributed by atoms with E-state index in [0.29, 0.717) is 12.3 Å². The van der Waals surface area contributed by atoms with E-state index < -0.39 is 5.54 Å². The lowest BCUT2D eigenvalue weighted by Gasteiger charge is -2.39. The van der Waals surface area contributed by atoms with Gasteiger partial charge in [-0.2, -0.15) is 5.10 Å². The molecule has 1 amide bonds. The fraction of sp³-hybridized carbons (Fsp3) is 0.750. The predicted molar refractivity (Wildman–Crippen MR) is 82.0 cm³/mol. The van der Waals surface area contributed by atoms with Crippen molar-refractivity contribution < 1.29 is 9.90 Å². The maximum absolute atomic E-state index is 12.4. The molecule has 0 saturated heterocycles. The number of amides is 1. The van der Waals surface area contributed by atoms with E-state index in [1.807, 2.05) is 25.6 Å². The highest BCUT2D eigenvalue weighted by atomic mass is 16.3. The van der Waals surface area contributed by atoms with Crippen molar-refractivity contribution in [1.29, 1.82) is 0 Å². The Morgan fingerprint density at radius 3 is 2.76 bits per heavy atom. The van der Waals surface area contributed by atoms with Crippen LogP contribution in [0.2, 0.25) is 0 Å². The van der Waals surface area contributed by atoms with Crippen molar-refractivity contribution in [3.05, 3.63) is 17.0 Å². The molecule has 1 fully saturated rings. The van der Waals surface area contributed by atoms with Gasteiger partial charge in [-0.15, -0.1) is 0 Å². The summed E-state index contributed by atoms with van der Waals surface area (Å²) in [6, 6.07) is 0. The van der Waals surface area contributed by atoms with Gasteiger partial charge in [-0.05, 0) is 32.6 Å². The number of nitrogens with one attached hydrogen (secondary N) is 1. The third-order valence-electron chi connectivity index (χ3n) is 4.79. The number of aliphatic hydroxyl groups excluding tert-OH is 1. The number of carbonyl (C=O) groups excluding carboxylic acids is 1. The van der Waals surface area contributed by atoms with Gasteiger partial charge in [0.2, 0.25) is 5.91 Å². The van der Waals surface area contributed by atoms with Crippen molar-refractivity contribution in [2.75, 3.05) is 6.61 Å². The Balaban J connectivity index is 2.06. The lowest BCUT2D eigenvalue weighted by Crippen LogP contribution is -2.54. The Morgan fingerprint density at radius 2 is 2.24 bits per heavy atom. The topological polar surface area (TPSA) is 67.2 Å². The monoisotopic (exact) mass is 293 g/mol. The van der Waals surface area contributed by atoms with Gasteiger partial charge in [-0.1, -0.05) is 19.8 Å². The molecule has 0 spiro atoms. The number of aromatic nitrogens is 2. The summed E-state index contributed by atoms with van der Waals surface area (Å²) in [7, 11) is 1.89. The van der Waals surface area contributed by atoms with E-state index in [1.54, 1.807) is 0 Å². The molecule has 2 unspecified atom stereocenters. The molecule has 0 aliphatic heterocycles. The number of carbonyl (C=O) groups is 1. The Kier molecular flexibility index (Phi) is 4.71. The van der Waals surface area contributed by atoms with Crippen LogP contribution >= 0.6 is 0 Å². The standard InChI is InChI=1S/C16H27N3O2/c1-11-6-5-7-16(9-11,10-20)17-15(21)8-14-12(2)18-19(4)13(14)3/h11,20H,5-10H2,1-4H3,(H,17,21). The molecule has 1 aromatic rings. The van der Waals surface area contributed by atoms with Gasteiger partial charge in [0.25, 0.3) is 0 Å². The first-order chi connectivity index (χ1) is 9.87. The minimum Gasteiger partial charge on any atom is -0.394 e. The van der Waals surface area contributed by atoms with Gasteiger partial charge in [-0.3, -0.25) is 9.48 Å². The molecule has 1 saturated carbocycles. The van der Waals surface area contributed by atoms with Crippen LogP contribution in [0.4, 0.5) is 0 Å². The lowest BCUT2D eigenvalue weighted by atomic mass is 9.76. The SMILES string of the molecule is Cc1nn(C)c(C)c1CC(=O)NC1(CO)CCCC(C)C1. The number of hydrogen-bond acceptors (Lipinski definition) is 3. The molecule has 2 atom stereocenters. The Morgan fingerprint density at radius 1 is 1.52 bits per heavy atom. The second-order valence-electron chi connectivity index (χ2n) is 6.64. The molecular weight excluding hydrogens is 266 g/mol. The van der Waals surface area contributed by atoms with E-state index in [9.17, 15) is 9.90 Å². The van der Waals surface area contributed by atoms with Crippen molar-refractivity contribution >= 4 is 5.91 Å². The van der Waals surface area contributed by atoms with Gasteiger partial charge in [-0.25, -0.2) is 0 Å². The zero-order valence-electron chi connectivity index (χ0n) is 13.6. The van der Waals surface area contributed by atoms with Crippen LogP contribution in [0, 0.1) is 19.8 Å². The number of aliphatic hydroxyl groups is 1. The van der Waals surface area contributed by atoms with Gasteiger partial charge >= 0.3 is 0 Å². The van der Waals surface area contributed by atoms with Crippen molar-refractivity contribution in [3.8, 4) is 0 Å². The Bertz CT molecular complexity index is 524. The molecule has 2 N–H and O–H groups in total. The Labute approximate surface area is 126 Å². The van der Waals surface area contributed by atoms with Crippen LogP contribution in [0.5, 0.6) is 0 Å². The van der Waals surface area contributed by atoms with Crippen molar-refractivity contribution in [2.45, 2.75) is 58.4 Å².